The molecule has 98 valence electrons. The van der Waals surface area contributed by atoms with Crippen LogP contribution in [0.3, 0.4) is 0 Å². The molecule has 3 heterocycles. The van der Waals surface area contributed by atoms with Crippen molar-refractivity contribution in [2.75, 3.05) is 39.3 Å². The van der Waals surface area contributed by atoms with Gasteiger partial charge in [0, 0.05) is 25.2 Å². The van der Waals surface area contributed by atoms with Crippen molar-refractivity contribution in [2.45, 2.75) is 50.6 Å². The van der Waals surface area contributed by atoms with Crippen LogP contribution in [0.1, 0.15) is 38.5 Å². The van der Waals surface area contributed by atoms with Gasteiger partial charge in [0.1, 0.15) is 0 Å². The van der Waals surface area contributed by atoms with E-state index in [1.165, 1.54) is 77.8 Å². The predicted octanol–water partition coefficient (Wildman–Crippen LogP) is 1.30. The van der Waals surface area contributed by atoms with E-state index in [9.17, 15) is 0 Å². The summed E-state index contributed by atoms with van der Waals surface area (Å²) in [7, 11) is 0. The minimum absolute atomic E-state index is 0.873. The van der Waals surface area contributed by atoms with Crippen molar-refractivity contribution in [2.24, 2.45) is 0 Å². The zero-order valence-electron chi connectivity index (χ0n) is 11.0. The van der Waals surface area contributed by atoms with E-state index in [1.807, 2.05) is 0 Å². The van der Waals surface area contributed by atoms with Crippen LogP contribution in [-0.4, -0.2) is 61.2 Å². The van der Waals surface area contributed by atoms with Crippen molar-refractivity contribution >= 4 is 0 Å². The first kappa shape index (κ1) is 11.9. The third-order valence-corrected chi connectivity index (χ3v) is 4.91. The molecule has 0 aliphatic carbocycles. The Balaban J connectivity index is 1.51. The maximum Gasteiger partial charge on any atom is 0.0235 e. The average Bonchev–Trinajstić information content (AvgIpc) is 2.95. The Hall–Kier alpha value is -0.120. The molecule has 0 amide bonds. The third-order valence-electron chi connectivity index (χ3n) is 4.91. The molecule has 3 heteroatoms. The molecule has 2 atom stereocenters. The first-order valence-electron chi connectivity index (χ1n) is 7.62. The molecule has 0 spiro atoms. The van der Waals surface area contributed by atoms with Gasteiger partial charge in [-0.3, -0.25) is 9.80 Å². The highest BCUT2D eigenvalue weighted by Crippen LogP contribution is 2.24. The first-order valence-corrected chi connectivity index (χ1v) is 7.62. The summed E-state index contributed by atoms with van der Waals surface area (Å²) in [6, 6.07) is 1.76. The van der Waals surface area contributed by atoms with Crippen molar-refractivity contribution in [3.8, 4) is 0 Å². The molecule has 0 radical (unpaired) electrons. The Morgan fingerprint density at radius 3 is 2.47 bits per heavy atom. The molecule has 3 rings (SSSR count). The summed E-state index contributed by atoms with van der Waals surface area (Å²) in [5.74, 6) is 0. The SMILES string of the molecule is C1CNCCC(N2CCC(N3CCCC3)C2)C1. The topological polar surface area (TPSA) is 18.5 Å². The smallest absolute Gasteiger partial charge is 0.0235 e. The molecule has 0 bridgehead atoms. The molecule has 2 unspecified atom stereocenters. The molecule has 0 aromatic heterocycles. The van der Waals surface area contributed by atoms with E-state index in [0.29, 0.717) is 0 Å². The largest absolute Gasteiger partial charge is 0.317 e. The molecule has 3 aliphatic heterocycles. The fourth-order valence-corrected chi connectivity index (χ4v) is 3.87. The van der Waals surface area contributed by atoms with Crippen LogP contribution in [0, 0.1) is 0 Å². The number of hydrogen-bond acceptors (Lipinski definition) is 3. The minimum atomic E-state index is 0.873. The molecule has 3 nitrogen and oxygen atoms in total. The van der Waals surface area contributed by atoms with Crippen LogP contribution in [0.5, 0.6) is 0 Å². The van der Waals surface area contributed by atoms with Crippen molar-refractivity contribution in [1.29, 1.82) is 0 Å². The average molecular weight is 237 g/mol. The first-order chi connectivity index (χ1) is 8.43. The second kappa shape index (κ2) is 5.68. The van der Waals surface area contributed by atoms with Gasteiger partial charge in [0.25, 0.3) is 0 Å². The predicted molar refractivity (Wildman–Crippen MR) is 71.3 cm³/mol. The van der Waals surface area contributed by atoms with E-state index in [1.54, 1.807) is 0 Å². The summed E-state index contributed by atoms with van der Waals surface area (Å²) in [6.45, 7) is 7.90. The Kier molecular flexibility index (Phi) is 3.99. The van der Waals surface area contributed by atoms with Crippen LogP contribution in [0.15, 0.2) is 0 Å². The minimum Gasteiger partial charge on any atom is -0.317 e. The lowest BCUT2D eigenvalue weighted by atomic mass is 10.1. The zero-order chi connectivity index (χ0) is 11.5. The van der Waals surface area contributed by atoms with Gasteiger partial charge in [-0.15, -0.1) is 0 Å². The van der Waals surface area contributed by atoms with Crippen LogP contribution in [0.25, 0.3) is 0 Å². The highest BCUT2D eigenvalue weighted by molar-refractivity contribution is 4.89. The maximum absolute atomic E-state index is 3.53. The molecule has 0 aromatic rings. The fourth-order valence-electron chi connectivity index (χ4n) is 3.87. The van der Waals surface area contributed by atoms with Gasteiger partial charge in [-0.25, -0.2) is 0 Å². The molecule has 3 aliphatic rings. The van der Waals surface area contributed by atoms with Crippen LogP contribution in [-0.2, 0) is 0 Å². The standard InChI is InChI=1S/C14H27N3/c1-2-10-16(9-1)14-6-11-17(12-14)13-4-3-7-15-8-5-13/h13-15H,1-12H2. The normalized spacial score (nSPS) is 37.4. The summed E-state index contributed by atoms with van der Waals surface area (Å²) >= 11 is 0. The van der Waals surface area contributed by atoms with E-state index in [2.05, 4.69) is 15.1 Å². The van der Waals surface area contributed by atoms with Gasteiger partial charge in [-0.2, -0.15) is 0 Å². The Bertz CT molecular complexity index is 230. The van der Waals surface area contributed by atoms with Gasteiger partial charge in [0.2, 0.25) is 0 Å². The van der Waals surface area contributed by atoms with Crippen LogP contribution >= 0.6 is 0 Å². The van der Waals surface area contributed by atoms with Crippen LogP contribution in [0.2, 0.25) is 0 Å². The van der Waals surface area contributed by atoms with Crippen molar-refractivity contribution in [3.63, 3.8) is 0 Å². The third kappa shape index (κ3) is 2.83. The highest BCUT2D eigenvalue weighted by atomic mass is 15.3. The quantitative estimate of drug-likeness (QED) is 0.781. The number of nitrogens with one attached hydrogen (secondary N) is 1. The van der Waals surface area contributed by atoms with Crippen LogP contribution < -0.4 is 5.32 Å². The van der Waals surface area contributed by atoms with Crippen molar-refractivity contribution < 1.29 is 0 Å². The Morgan fingerprint density at radius 2 is 1.59 bits per heavy atom. The van der Waals surface area contributed by atoms with Gasteiger partial charge in [-0.05, 0) is 64.7 Å². The van der Waals surface area contributed by atoms with E-state index >= 15 is 0 Å². The lowest BCUT2D eigenvalue weighted by Crippen LogP contribution is -2.39. The van der Waals surface area contributed by atoms with Gasteiger partial charge < -0.3 is 5.32 Å². The summed E-state index contributed by atoms with van der Waals surface area (Å²) in [5, 5.41) is 3.53. The number of hydrogen-bond donors (Lipinski definition) is 1. The Morgan fingerprint density at radius 1 is 0.706 bits per heavy atom. The summed E-state index contributed by atoms with van der Waals surface area (Å²) in [4.78, 5) is 5.53. The molecule has 17 heavy (non-hydrogen) atoms. The lowest BCUT2D eigenvalue weighted by molar-refractivity contribution is 0.189. The molecule has 0 aromatic carbocycles. The van der Waals surface area contributed by atoms with Gasteiger partial charge in [0.15, 0.2) is 0 Å². The monoisotopic (exact) mass is 237 g/mol. The van der Waals surface area contributed by atoms with E-state index < -0.39 is 0 Å². The van der Waals surface area contributed by atoms with Gasteiger partial charge in [0.05, 0.1) is 0 Å². The van der Waals surface area contributed by atoms with Gasteiger partial charge >= 0.3 is 0 Å². The Labute approximate surface area is 106 Å². The van der Waals surface area contributed by atoms with Crippen LogP contribution in [0.4, 0.5) is 0 Å². The molecule has 1 N–H and O–H groups in total. The van der Waals surface area contributed by atoms with E-state index in [-0.39, 0.29) is 0 Å². The zero-order valence-corrected chi connectivity index (χ0v) is 11.0. The maximum atomic E-state index is 3.53. The van der Waals surface area contributed by atoms with E-state index in [0.717, 1.165) is 12.1 Å². The second-order valence-electron chi connectivity index (χ2n) is 6.02. The summed E-state index contributed by atoms with van der Waals surface area (Å²) in [6.07, 6.45) is 8.44. The number of likely N-dealkylation sites (tertiary alicyclic amines) is 2. The molecular weight excluding hydrogens is 210 g/mol. The van der Waals surface area contributed by atoms with Crippen molar-refractivity contribution in [1.82, 2.24) is 15.1 Å². The molecule has 3 saturated heterocycles. The summed E-state index contributed by atoms with van der Waals surface area (Å²) in [5.41, 5.74) is 0. The number of nitrogens with zero attached hydrogens (tertiary/aromatic N) is 2. The summed E-state index contributed by atoms with van der Waals surface area (Å²) < 4.78 is 0. The highest BCUT2D eigenvalue weighted by Gasteiger charge is 2.32. The fraction of sp³-hybridized carbons (Fsp3) is 1.00. The van der Waals surface area contributed by atoms with E-state index in [4.69, 9.17) is 0 Å². The number of rotatable bonds is 2. The molecule has 0 saturated carbocycles. The molecular formula is C14H27N3. The van der Waals surface area contributed by atoms with Gasteiger partial charge in [-0.1, -0.05) is 0 Å². The second-order valence-corrected chi connectivity index (χ2v) is 6.02. The van der Waals surface area contributed by atoms with Crippen molar-refractivity contribution in [3.05, 3.63) is 0 Å². The molecule has 3 fully saturated rings. The lowest BCUT2D eigenvalue weighted by Gasteiger charge is -2.28.